The standard InChI is InChI=1S/C12H15N3O/c1-16-12-8-14-15(9-12)7-6-10-2-4-11(13)5-3-10/h2-5,8-9H,6-7,13H2,1H3. The Bertz CT molecular complexity index is 448. The lowest BCUT2D eigenvalue weighted by atomic mass is 10.1. The van der Waals surface area contributed by atoms with Gasteiger partial charge < -0.3 is 10.5 Å². The maximum Gasteiger partial charge on any atom is 0.156 e. The molecule has 0 aliphatic rings. The van der Waals surface area contributed by atoms with Crippen molar-refractivity contribution in [2.24, 2.45) is 0 Å². The molecule has 4 heteroatoms. The zero-order valence-corrected chi connectivity index (χ0v) is 9.26. The lowest BCUT2D eigenvalue weighted by Crippen LogP contribution is -2.01. The number of rotatable bonds is 4. The maximum absolute atomic E-state index is 5.62. The summed E-state index contributed by atoms with van der Waals surface area (Å²) in [7, 11) is 1.64. The predicted molar refractivity (Wildman–Crippen MR) is 63.3 cm³/mol. The van der Waals surface area contributed by atoms with Gasteiger partial charge in [-0.3, -0.25) is 4.68 Å². The summed E-state index contributed by atoms with van der Waals surface area (Å²) in [6.07, 6.45) is 4.53. The fourth-order valence-corrected chi connectivity index (χ4v) is 1.50. The van der Waals surface area contributed by atoms with Crippen molar-refractivity contribution in [3.05, 3.63) is 42.2 Å². The SMILES string of the molecule is COc1cnn(CCc2ccc(N)cc2)c1. The summed E-state index contributed by atoms with van der Waals surface area (Å²) in [6.45, 7) is 0.841. The van der Waals surface area contributed by atoms with Crippen LogP contribution in [0, 0.1) is 0 Å². The highest BCUT2D eigenvalue weighted by atomic mass is 16.5. The van der Waals surface area contributed by atoms with Crippen LogP contribution in [-0.2, 0) is 13.0 Å². The fourth-order valence-electron chi connectivity index (χ4n) is 1.50. The van der Waals surface area contributed by atoms with Gasteiger partial charge in [0.2, 0.25) is 0 Å². The first-order valence-electron chi connectivity index (χ1n) is 5.19. The molecule has 0 amide bonds. The van der Waals surface area contributed by atoms with E-state index < -0.39 is 0 Å². The van der Waals surface area contributed by atoms with Gasteiger partial charge in [-0.1, -0.05) is 12.1 Å². The van der Waals surface area contributed by atoms with Crippen LogP contribution in [0.2, 0.25) is 0 Å². The van der Waals surface area contributed by atoms with Crippen molar-refractivity contribution in [3.63, 3.8) is 0 Å². The zero-order chi connectivity index (χ0) is 11.4. The molecule has 0 fully saturated rings. The summed E-state index contributed by atoms with van der Waals surface area (Å²) in [5.41, 5.74) is 7.67. The number of nitrogens with zero attached hydrogens (tertiary/aromatic N) is 2. The Hall–Kier alpha value is -1.97. The molecule has 0 saturated heterocycles. The van der Waals surface area contributed by atoms with E-state index in [0.717, 1.165) is 24.4 Å². The van der Waals surface area contributed by atoms with Crippen molar-refractivity contribution in [3.8, 4) is 5.75 Å². The van der Waals surface area contributed by atoms with Crippen molar-refractivity contribution in [1.82, 2.24) is 9.78 Å². The minimum absolute atomic E-state index is 0.789. The molecule has 1 aromatic heterocycles. The van der Waals surface area contributed by atoms with Crippen LogP contribution in [0.1, 0.15) is 5.56 Å². The number of nitrogen functional groups attached to an aromatic ring is 1. The van der Waals surface area contributed by atoms with Gasteiger partial charge in [0.15, 0.2) is 5.75 Å². The van der Waals surface area contributed by atoms with Gasteiger partial charge in [-0.15, -0.1) is 0 Å². The highest BCUT2D eigenvalue weighted by molar-refractivity contribution is 5.39. The Morgan fingerprint density at radius 1 is 1.31 bits per heavy atom. The number of ether oxygens (including phenoxy) is 1. The monoisotopic (exact) mass is 217 g/mol. The summed E-state index contributed by atoms with van der Waals surface area (Å²) in [4.78, 5) is 0. The smallest absolute Gasteiger partial charge is 0.156 e. The molecule has 0 bridgehead atoms. The minimum Gasteiger partial charge on any atom is -0.493 e. The van der Waals surface area contributed by atoms with Crippen LogP contribution in [0.15, 0.2) is 36.7 Å². The number of hydrogen-bond acceptors (Lipinski definition) is 3. The summed E-state index contributed by atoms with van der Waals surface area (Å²) >= 11 is 0. The van der Waals surface area contributed by atoms with Crippen LogP contribution in [0.4, 0.5) is 5.69 Å². The first-order valence-corrected chi connectivity index (χ1v) is 5.19. The number of hydrogen-bond donors (Lipinski definition) is 1. The van der Waals surface area contributed by atoms with E-state index in [9.17, 15) is 0 Å². The Labute approximate surface area is 94.6 Å². The van der Waals surface area contributed by atoms with Crippen LogP contribution < -0.4 is 10.5 Å². The second kappa shape index (κ2) is 4.70. The van der Waals surface area contributed by atoms with E-state index in [-0.39, 0.29) is 0 Å². The normalized spacial score (nSPS) is 10.3. The molecule has 0 aliphatic carbocycles. The second-order valence-corrected chi connectivity index (χ2v) is 3.63. The molecule has 84 valence electrons. The molecule has 2 N–H and O–H groups in total. The maximum atomic E-state index is 5.62. The van der Waals surface area contributed by atoms with Crippen LogP contribution in [0.3, 0.4) is 0 Å². The highest BCUT2D eigenvalue weighted by Gasteiger charge is 1.98. The number of nitrogens with two attached hydrogens (primary N) is 1. The highest BCUT2D eigenvalue weighted by Crippen LogP contribution is 2.09. The molecule has 4 nitrogen and oxygen atoms in total. The van der Waals surface area contributed by atoms with E-state index in [4.69, 9.17) is 10.5 Å². The minimum atomic E-state index is 0.789. The van der Waals surface area contributed by atoms with Crippen molar-refractivity contribution in [1.29, 1.82) is 0 Å². The van der Waals surface area contributed by atoms with Gasteiger partial charge >= 0.3 is 0 Å². The molecule has 1 heterocycles. The van der Waals surface area contributed by atoms with E-state index in [2.05, 4.69) is 5.10 Å². The average Bonchev–Trinajstić information content (AvgIpc) is 2.76. The Balaban J connectivity index is 1.94. The van der Waals surface area contributed by atoms with Gasteiger partial charge in [0, 0.05) is 12.2 Å². The van der Waals surface area contributed by atoms with Crippen LogP contribution in [-0.4, -0.2) is 16.9 Å². The third-order valence-electron chi connectivity index (χ3n) is 2.45. The third-order valence-corrected chi connectivity index (χ3v) is 2.45. The average molecular weight is 217 g/mol. The number of aromatic nitrogens is 2. The Morgan fingerprint density at radius 2 is 2.06 bits per heavy atom. The summed E-state index contributed by atoms with van der Waals surface area (Å²) in [6, 6.07) is 7.91. The number of anilines is 1. The largest absolute Gasteiger partial charge is 0.493 e. The van der Waals surface area contributed by atoms with Crippen molar-refractivity contribution >= 4 is 5.69 Å². The Morgan fingerprint density at radius 3 is 2.69 bits per heavy atom. The quantitative estimate of drug-likeness (QED) is 0.793. The topological polar surface area (TPSA) is 53.1 Å². The number of aryl methyl sites for hydroxylation is 2. The summed E-state index contributed by atoms with van der Waals surface area (Å²) < 4.78 is 6.93. The molecule has 0 unspecified atom stereocenters. The van der Waals surface area contributed by atoms with Crippen LogP contribution in [0.25, 0.3) is 0 Å². The Kier molecular flexibility index (Phi) is 3.10. The van der Waals surface area contributed by atoms with Gasteiger partial charge in [0.05, 0.1) is 19.5 Å². The first-order chi connectivity index (χ1) is 7.78. The molecular weight excluding hydrogens is 202 g/mol. The molecule has 0 spiro atoms. The van der Waals surface area contributed by atoms with E-state index in [1.54, 1.807) is 13.3 Å². The number of benzene rings is 1. The van der Waals surface area contributed by atoms with Crippen LogP contribution in [0.5, 0.6) is 5.75 Å². The molecule has 2 rings (SSSR count). The summed E-state index contributed by atoms with van der Waals surface area (Å²) in [5, 5.41) is 4.19. The van der Waals surface area contributed by atoms with Crippen molar-refractivity contribution < 1.29 is 4.74 Å². The van der Waals surface area contributed by atoms with Gasteiger partial charge in [-0.2, -0.15) is 5.10 Å². The van der Waals surface area contributed by atoms with Gasteiger partial charge in [0.1, 0.15) is 0 Å². The van der Waals surface area contributed by atoms with E-state index >= 15 is 0 Å². The third kappa shape index (κ3) is 2.53. The molecule has 16 heavy (non-hydrogen) atoms. The lowest BCUT2D eigenvalue weighted by Gasteiger charge is -2.02. The van der Waals surface area contributed by atoms with E-state index in [1.165, 1.54) is 5.56 Å². The van der Waals surface area contributed by atoms with E-state index in [0.29, 0.717) is 0 Å². The fraction of sp³-hybridized carbons (Fsp3) is 0.250. The summed E-state index contributed by atoms with van der Waals surface area (Å²) in [5.74, 6) is 0.789. The lowest BCUT2D eigenvalue weighted by molar-refractivity contribution is 0.413. The number of methoxy groups -OCH3 is 1. The molecule has 0 aliphatic heterocycles. The molecule has 0 radical (unpaired) electrons. The molecule has 2 aromatic rings. The predicted octanol–water partition coefficient (Wildman–Crippen LogP) is 1.72. The second-order valence-electron chi connectivity index (χ2n) is 3.63. The van der Waals surface area contributed by atoms with Gasteiger partial charge in [-0.25, -0.2) is 0 Å². The van der Waals surface area contributed by atoms with Gasteiger partial charge in [0.25, 0.3) is 0 Å². The van der Waals surface area contributed by atoms with E-state index in [1.807, 2.05) is 35.1 Å². The molecule has 1 aromatic carbocycles. The zero-order valence-electron chi connectivity index (χ0n) is 9.26. The van der Waals surface area contributed by atoms with Crippen molar-refractivity contribution in [2.75, 3.05) is 12.8 Å². The van der Waals surface area contributed by atoms with Crippen LogP contribution >= 0.6 is 0 Å². The molecule has 0 atom stereocenters. The van der Waals surface area contributed by atoms with Crippen molar-refractivity contribution in [2.45, 2.75) is 13.0 Å². The molecular formula is C12H15N3O. The molecule has 0 saturated carbocycles. The first kappa shape index (κ1) is 10.5. The van der Waals surface area contributed by atoms with Gasteiger partial charge in [-0.05, 0) is 24.1 Å².